The molecule has 1 rings (SSSR count). The van der Waals surface area contributed by atoms with Gasteiger partial charge < -0.3 is 15.8 Å². The van der Waals surface area contributed by atoms with E-state index in [1.807, 2.05) is 0 Å². The average Bonchev–Trinajstić information content (AvgIpc) is 2.30. The normalized spacial score (nSPS) is 12.4. The minimum Gasteiger partial charge on any atom is -0.432 e. The van der Waals surface area contributed by atoms with Crippen LogP contribution in [0.3, 0.4) is 0 Å². The van der Waals surface area contributed by atoms with Crippen LogP contribution in [0.2, 0.25) is 0 Å². The number of amides is 1. The molecule has 0 fully saturated rings. The largest absolute Gasteiger partial charge is 0.432 e. The Morgan fingerprint density at radius 3 is 2.29 bits per heavy atom. The van der Waals surface area contributed by atoms with Gasteiger partial charge in [0.15, 0.2) is 11.6 Å². The molecule has 0 spiro atoms. The van der Waals surface area contributed by atoms with Crippen LogP contribution in [0.15, 0.2) is 18.2 Å². The highest BCUT2D eigenvalue weighted by Gasteiger charge is 2.40. The molecule has 4 nitrogen and oxygen atoms in total. The molecule has 0 aliphatic rings. The zero-order chi connectivity index (χ0) is 16.4. The average molecular weight is 304 g/mol. The Bertz CT molecular complexity index is 525. The number of nitrogens with two attached hydrogens (primary N) is 1. The van der Waals surface area contributed by atoms with Gasteiger partial charge in [0.2, 0.25) is 5.91 Å². The maximum Gasteiger partial charge on any atom is 0.387 e. The zero-order valence-corrected chi connectivity index (χ0v) is 12.3. The third-order valence-electron chi connectivity index (χ3n) is 3.58. The molecule has 0 unspecified atom stereocenters. The van der Waals surface area contributed by atoms with Crippen LogP contribution in [0, 0.1) is 11.2 Å². The molecule has 0 saturated heterocycles. The molecule has 0 aromatic heterocycles. The molecule has 7 heteroatoms. The van der Waals surface area contributed by atoms with Crippen LogP contribution in [0.4, 0.5) is 18.9 Å². The summed E-state index contributed by atoms with van der Waals surface area (Å²) in [5, 5.41) is 2.51. The molecular formula is C14H19F3N2O2. The highest BCUT2D eigenvalue weighted by Crippen LogP contribution is 2.30. The number of alkyl halides is 2. The van der Waals surface area contributed by atoms with E-state index in [2.05, 4.69) is 10.1 Å². The third kappa shape index (κ3) is 4.10. The van der Waals surface area contributed by atoms with Crippen LogP contribution in [0.1, 0.15) is 27.7 Å². The predicted octanol–water partition coefficient (Wildman–Crippen LogP) is 3.13. The van der Waals surface area contributed by atoms with E-state index < -0.39 is 35.0 Å². The van der Waals surface area contributed by atoms with Gasteiger partial charge in [0, 0.05) is 17.3 Å². The lowest BCUT2D eigenvalue weighted by atomic mass is 9.74. The Kier molecular flexibility index (Phi) is 4.88. The molecule has 0 saturated carbocycles. The van der Waals surface area contributed by atoms with Gasteiger partial charge in [0.05, 0.1) is 5.41 Å². The fourth-order valence-corrected chi connectivity index (χ4v) is 1.35. The molecule has 118 valence electrons. The first kappa shape index (κ1) is 17.3. The summed E-state index contributed by atoms with van der Waals surface area (Å²) < 4.78 is 41.6. The molecular weight excluding hydrogens is 285 g/mol. The molecule has 1 aromatic rings. The number of hydrogen-bond acceptors (Lipinski definition) is 3. The second kappa shape index (κ2) is 5.93. The lowest BCUT2D eigenvalue weighted by Crippen LogP contribution is -2.53. The minimum atomic E-state index is -3.11. The summed E-state index contributed by atoms with van der Waals surface area (Å²) in [6.45, 7) is 3.61. The van der Waals surface area contributed by atoms with E-state index in [9.17, 15) is 18.0 Å². The van der Waals surface area contributed by atoms with Gasteiger partial charge in [-0.05, 0) is 39.8 Å². The van der Waals surface area contributed by atoms with Crippen LogP contribution in [0.25, 0.3) is 0 Å². The number of anilines is 1. The second-order valence-electron chi connectivity index (χ2n) is 5.82. The van der Waals surface area contributed by atoms with Crippen molar-refractivity contribution in [3.63, 3.8) is 0 Å². The van der Waals surface area contributed by atoms with E-state index in [0.717, 1.165) is 12.1 Å². The van der Waals surface area contributed by atoms with E-state index in [1.165, 1.54) is 6.07 Å². The van der Waals surface area contributed by atoms with Crippen LogP contribution in [-0.4, -0.2) is 18.1 Å². The lowest BCUT2D eigenvalue weighted by molar-refractivity contribution is -0.126. The molecule has 1 aromatic carbocycles. The minimum absolute atomic E-state index is 0.136. The standard InChI is InChI=1S/C14H19F3N2O2/c1-13(2,14(3,4)18)11(20)19-8-5-6-10(9(15)7-8)21-12(16)17/h5-7,12H,18H2,1-4H3,(H,19,20). The van der Waals surface area contributed by atoms with Gasteiger partial charge in [0.1, 0.15) is 0 Å². The van der Waals surface area contributed by atoms with Gasteiger partial charge in [-0.3, -0.25) is 4.79 Å². The second-order valence-corrected chi connectivity index (χ2v) is 5.82. The van der Waals surface area contributed by atoms with Crippen molar-refractivity contribution in [2.45, 2.75) is 39.8 Å². The van der Waals surface area contributed by atoms with Crippen molar-refractivity contribution in [1.29, 1.82) is 0 Å². The van der Waals surface area contributed by atoms with E-state index in [4.69, 9.17) is 5.73 Å². The topological polar surface area (TPSA) is 64.4 Å². The molecule has 0 aliphatic heterocycles. The monoisotopic (exact) mass is 304 g/mol. The van der Waals surface area contributed by atoms with Crippen LogP contribution < -0.4 is 15.8 Å². The summed E-state index contributed by atoms with van der Waals surface area (Å²) in [7, 11) is 0. The third-order valence-corrected chi connectivity index (χ3v) is 3.58. The smallest absolute Gasteiger partial charge is 0.387 e. The van der Waals surface area contributed by atoms with Crippen molar-refractivity contribution < 1.29 is 22.7 Å². The molecule has 0 radical (unpaired) electrons. The van der Waals surface area contributed by atoms with Crippen molar-refractivity contribution in [1.82, 2.24) is 0 Å². The van der Waals surface area contributed by atoms with Crippen LogP contribution >= 0.6 is 0 Å². The van der Waals surface area contributed by atoms with Crippen molar-refractivity contribution in [3.8, 4) is 5.75 Å². The van der Waals surface area contributed by atoms with Gasteiger partial charge in [-0.1, -0.05) is 0 Å². The summed E-state index contributed by atoms with van der Waals surface area (Å²) in [5.74, 6) is -1.98. The zero-order valence-electron chi connectivity index (χ0n) is 12.3. The van der Waals surface area contributed by atoms with E-state index >= 15 is 0 Å². The number of carbonyl (C=O) groups excluding carboxylic acids is 1. The SMILES string of the molecule is CC(C)(N)C(C)(C)C(=O)Nc1ccc(OC(F)F)c(F)c1. The van der Waals surface area contributed by atoms with E-state index in [0.29, 0.717) is 0 Å². The van der Waals surface area contributed by atoms with Crippen molar-refractivity contribution in [2.75, 3.05) is 5.32 Å². The molecule has 21 heavy (non-hydrogen) atoms. The molecule has 1 amide bonds. The number of benzene rings is 1. The number of halogens is 3. The first-order valence-electron chi connectivity index (χ1n) is 6.30. The number of hydrogen-bond donors (Lipinski definition) is 2. The summed E-state index contributed by atoms with van der Waals surface area (Å²) in [5.41, 5.74) is 4.36. The Hall–Kier alpha value is -1.76. The highest BCUT2D eigenvalue weighted by molar-refractivity contribution is 5.95. The van der Waals surface area contributed by atoms with Gasteiger partial charge in [0.25, 0.3) is 0 Å². The Morgan fingerprint density at radius 1 is 1.29 bits per heavy atom. The molecule has 0 atom stereocenters. The molecule has 0 bridgehead atoms. The van der Waals surface area contributed by atoms with Crippen molar-refractivity contribution in [3.05, 3.63) is 24.0 Å². The predicted molar refractivity (Wildman–Crippen MR) is 73.7 cm³/mol. The number of ether oxygens (including phenoxy) is 1. The Labute approximate surface area is 121 Å². The number of nitrogens with one attached hydrogen (secondary N) is 1. The maximum absolute atomic E-state index is 13.6. The van der Waals surface area contributed by atoms with E-state index in [1.54, 1.807) is 27.7 Å². The van der Waals surface area contributed by atoms with Crippen molar-refractivity contribution >= 4 is 11.6 Å². The fraction of sp³-hybridized carbons (Fsp3) is 0.500. The quantitative estimate of drug-likeness (QED) is 0.878. The highest BCUT2D eigenvalue weighted by atomic mass is 19.3. The summed E-state index contributed by atoms with van der Waals surface area (Å²) in [6.07, 6.45) is 0. The van der Waals surface area contributed by atoms with Gasteiger partial charge >= 0.3 is 6.61 Å². The lowest BCUT2D eigenvalue weighted by Gasteiger charge is -2.36. The summed E-state index contributed by atoms with van der Waals surface area (Å²) >= 11 is 0. The molecule has 3 N–H and O–H groups in total. The van der Waals surface area contributed by atoms with E-state index in [-0.39, 0.29) is 5.69 Å². The first-order valence-corrected chi connectivity index (χ1v) is 6.30. The Balaban J connectivity index is 2.90. The first-order chi connectivity index (χ1) is 9.45. The van der Waals surface area contributed by atoms with Crippen molar-refractivity contribution in [2.24, 2.45) is 11.1 Å². The van der Waals surface area contributed by atoms with Crippen LogP contribution in [0.5, 0.6) is 5.75 Å². The van der Waals surface area contributed by atoms with Gasteiger partial charge in [-0.15, -0.1) is 0 Å². The summed E-state index contributed by atoms with van der Waals surface area (Å²) in [6, 6.07) is 3.21. The number of rotatable bonds is 5. The maximum atomic E-state index is 13.6. The fourth-order valence-electron chi connectivity index (χ4n) is 1.35. The van der Waals surface area contributed by atoms with Gasteiger partial charge in [-0.2, -0.15) is 8.78 Å². The van der Waals surface area contributed by atoms with Gasteiger partial charge in [-0.25, -0.2) is 4.39 Å². The van der Waals surface area contributed by atoms with Crippen LogP contribution in [-0.2, 0) is 4.79 Å². The molecule has 0 aliphatic carbocycles. The molecule has 0 heterocycles. The number of carbonyl (C=O) groups is 1. The summed E-state index contributed by atoms with van der Waals surface area (Å²) in [4.78, 5) is 12.2. The Morgan fingerprint density at radius 2 is 1.86 bits per heavy atom.